The third-order valence-corrected chi connectivity index (χ3v) is 4.40. The Kier molecular flexibility index (Phi) is 1.99. The Morgan fingerprint density at radius 2 is 1.44 bits per heavy atom. The molecule has 0 fully saturated rings. The van der Waals surface area contributed by atoms with E-state index in [4.69, 9.17) is 0 Å². The largest absolute Gasteiger partial charge is 0.292 e. The Labute approximate surface area is 107 Å². The molecule has 0 radical (unpaired) electrons. The predicted molar refractivity (Wildman–Crippen MR) is 74.5 cm³/mol. The van der Waals surface area contributed by atoms with Gasteiger partial charge in [0.1, 0.15) is 0 Å². The van der Waals surface area contributed by atoms with Crippen LogP contribution in [0.1, 0.15) is 40.5 Å². The smallest absolute Gasteiger partial charge is 0.0495 e. The Morgan fingerprint density at radius 1 is 0.833 bits per heavy atom. The molecule has 0 heterocycles. The third-order valence-electron chi connectivity index (χ3n) is 4.40. The average Bonchev–Trinajstić information content (AvgIpc) is 2.77. The van der Waals surface area contributed by atoms with Crippen molar-refractivity contribution in [3.05, 3.63) is 70.8 Å². The summed E-state index contributed by atoms with van der Waals surface area (Å²) in [5.41, 5.74) is 7.08. The number of rotatable bonds is 0. The van der Waals surface area contributed by atoms with E-state index in [1.807, 2.05) is 7.05 Å². The maximum absolute atomic E-state index is 4.58. The molecule has 0 aromatic heterocycles. The van der Waals surface area contributed by atoms with E-state index in [-0.39, 0.29) is 0 Å². The minimum Gasteiger partial charge on any atom is -0.292 e. The molecule has 2 bridgehead atoms. The van der Waals surface area contributed by atoms with Crippen molar-refractivity contribution in [3.8, 4) is 0 Å². The summed E-state index contributed by atoms with van der Waals surface area (Å²) >= 11 is 0. The van der Waals surface area contributed by atoms with Gasteiger partial charge in [-0.3, -0.25) is 4.99 Å². The van der Waals surface area contributed by atoms with Gasteiger partial charge in [-0.15, -0.1) is 0 Å². The van der Waals surface area contributed by atoms with Crippen LogP contribution in [0, 0.1) is 0 Å². The van der Waals surface area contributed by atoms with Gasteiger partial charge in [0.2, 0.25) is 0 Å². The van der Waals surface area contributed by atoms with E-state index < -0.39 is 0 Å². The van der Waals surface area contributed by atoms with Crippen LogP contribution < -0.4 is 0 Å². The lowest BCUT2D eigenvalue weighted by Gasteiger charge is -2.25. The maximum Gasteiger partial charge on any atom is 0.0495 e. The van der Waals surface area contributed by atoms with Crippen molar-refractivity contribution in [1.29, 1.82) is 0 Å². The molecule has 2 unspecified atom stereocenters. The second-order valence-corrected chi connectivity index (χ2v) is 5.17. The van der Waals surface area contributed by atoms with Crippen molar-refractivity contribution in [2.75, 3.05) is 7.05 Å². The fraction of sp³-hybridized carbons (Fsp3) is 0.235. The van der Waals surface area contributed by atoms with Crippen LogP contribution in [0.4, 0.5) is 0 Å². The number of fused-ring (bicyclic) bond motifs is 7. The third kappa shape index (κ3) is 1.14. The standard InChI is InChI=1S/C17H15N/c1-18-17-14-9-5-4-8-13(14)15-10-16(17)12-7-3-2-6-11(12)15/h2-9,15-16H,10H2,1H3. The highest BCUT2D eigenvalue weighted by molar-refractivity contribution is 6.08. The average molecular weight is 233 g/mol. The van der Waals surface area contributed by atoms with Crippen LogP contribution in [0.2, 0.25) is 0 Å². The van der Waals surface area contributed by atoms with Gasteiger partial charge in [0.05, 0.1) is 0 Å². The molecule has 0 spiro atoms. The molecule has 0 N–H and O–H groups in total. The van der Waals surface area contributed by atoms with Gasteiger partial charge in [-0.05, 0) is 28.7 Å². The first-order valence-corrected chi connectivity index (χ1v) is 6.55. The number of nitrogens with zero attached hydrogens (tertiary/aromatic N) is 1. The van der Waals surface area contributed by atoms with E-state index in [0.29, 0.717) is 11.8 Å². The summed E-state index contributed by atoms with van der Waals surface area (Å²) < 4.78 is 0. The Morgan fingerprint density at radius 3 is 2.17 bits per heavy atom. The summed E-state index contributed by atoms with van der Waals surface area (Å²) in [5, 5.41) is 0. The monoisotopic (exact) mass is 233 g/mol. The van der Waals surface area contributed by atoms with E-state index in [2.05, 4.69) is 53.5 Å². The second-order valence-electron chi connectivity index (χ2n) is 5.17. The molecule has 0 saturated carbocycles. The number of hydrogen-bond donors (Lipinski definition) is 0. The SMILES string of the molecule is CN=C1c2ccccc2C2CC1c1ccccc12. The summed E-state index contributed by atoms with van der Waals surface area (Å²) in [5.74, 6) is 1.08. The molecule has 2 aromatic rings. The summed E-state index contributed by atoms with van der Waals surface area (Å²) in [7, 11) is 1.92. The summed E-state index contributed by atoms with van der Waals surface area (Å²) in [6.45, 7) is 0. The van der Waals surface area contributed by atoms with Crippen LogP contribution in [0.25, 0.3) is 0 Å². The molecule has 88 valence electrons. The van der Waals surface area contributed by atoms with Gasteiger partial charge in [0.15, 0.2) is 0 Å². The van der Waals surface area contributed by atoms with Crippen molar-refractivity contribution in [2.24, 2.45) is 4.99 Å². The van der Waals surface area contributed by atoms with Gasteiger partial charge in [0.25, 0.3) is 0 Å². The van der Waals surface area contributed by atoms with Gasteiger partial charge in [-0.2, -0.15) is 0 Å². The molecule has 2 aliphatic carbocycles. The zero-order valence-corrected chi connectivity index (χ0v) is 10.4. The fourth-order valence-corrected chi connectivity index (χ4v) is 3.69. The van der Waals surface area contributed by atoms with Gasteiger partial charge < -0.3 is 0 Å². The molecule has 18 heavy (non-hydrogen) atoms. The molecular formula is C17H15N. The summed E-state index contributed by atoms with van der Waals surface area (Å²) in [6.07, 6.45) is 1.20. The molecule has 0 aliphatic heterocycles. The van der Waals surface area contributed by atoms with Crippen LogP contribution in [-0.2, 0) is 0 Å². The minimum absolute atomic E-state index is 0.506. The molecule has 0 amide bonds. The molecule has 1 nitrogen and oxygen atoms in total. The zero-order valence-electron chi connectivity index (χ0n) is 10.4. The molecule has 2 aromatic carbocycles. The van der Waals surface area contributed by atoms with E-state index in [1.165, 1.54) is 34.4 Å². The van der Waals surface area contributed by atoms with Crippen molar-refractivity contribution in [3.63, 3.8) is 0 Å². The van der Waals surface area contributed by atoms with Gasteiger partial charge in [0, 0.05) is 24.6 Å². The van der Waals surface area contributed by atoms with Crippen LogP contribution in [0.5, 0.6) is 0 Å². The fourth-order valence-electron chi connectivity index (χ4n) is 3.69. The van der Waals surface area contributed by atoms with Crippen LogP contribution in [0.15, 0.2) is 53.5 Å². The maximum atomic E-state index is 4.58. The van der Waals surface area contributed by atoms with Crippen molar-refractivity contribution in [1.82, 2.24) is 0 Å². The topological polar surface area (TPSA) is 12.4 Å². The van der Waals surface area contributed by atoms with Crippen LogP contribution in [0.3, 0.4) is 0 Å². The number of hydrogen-bond acceptors (Lipinski definition) is 1. The molecule has 4 rings (SSSR count). The Hall–Kier alpha value is -1.89. The second kappa shape index (κ2) is 3.55. The Bertz CT molecular complexity index is 654. The first kappa shape index (κ1) is 10.1. The van der Waals surface area contributed by atoms with Crippen molar-refractivity contribution < 1.29 is 0 Å². The lowest BCUT2D eigenvalue weighted by Crippen LogP contribution is -2.19. The van der Waals surface area contributed by atoms with Crippen molar-refractivity contribution >= 4 is 5.71 Å². The summed E-state index contributed by atoms with van der Waals surface area (Å²) in [6, 6.07) is 17.6. The summed E-state index contributed by atoms with van der Waals surface area (Å²) in [4.78, 5) is 4.58. The van der Waals surface area contributed by atoms with Gasteiger partial charge >= 0.3 is 0 Å². The normalized spacial score (nSPS) is 25.9. The predicted octanol–water partition coefficient (Wildman–Crippen LogP) is 3.74. The zero-order chi connectivity index (χ0) is 12.1. The lowest BCUT2D eigenvalue weighted by molar-refractivity contribution is 0.729. The quantitative estimate of drug-likeness (QED) is 0.657. The number of aliphatic imine (C=N–C) groups is 1. The van der Waals surface area contributed by atoms with Gasteiger partial charge in [-0.25, -0.2) is 0 Å². The molecular weight excluding hydrogens is 218 g/mol. The Balaban J connectivity index is 2.05. The highest BCUT2D eigenvalue weighted by Crippen LogP contribution is 2.51. The first-order valence-electron chi connectivity index (χ1n) is 6.55. The first-order chi connectivity index (χ1) is 8.90. The molecule has 0 saturated heterocycles. The van der Waals surface area contributed by atoms with Crippen LogP contribution >= 0.6 is 0 Å². The highest BCUT2D eigenvalue weighted by atomic mass is 14.7. The van der Waals surface area contributed by atoms with E-state index in [1.54, 1.807) is 0 Å². The highest BCUT2D eigenvalue weighted by Gasteiger charge is 2.40. The van der Waals surface area contributed by atoms with E-state index in [0.717, 1.165) is 0 Å². The molecule has 2 atom stereocenters. The molecule has 2 aliphatic rings. The van der Waals surface area contributed by atoms with Crippen molar-refractivity contribution in [2.45, 2.75) is 18.3 Å². The van der Waals surface area contributed by atoms with Gasteiger partial charge in [-0.1, -0.05) is 48.5 Å². The lowest BCUT2D eigenvalue weighted by atomic mass is 9.80. The minimum atomic E-state index is 0.506. The van der Waals surface area contributed by atoms with E-state index >= 15 is 0 Å². The van der Waals surface area contributed by atoms with Crippen LogP contribution in [-0.4, -0.2) is 12.8 Å². The van der Waals surface area contributed by atoms with E-state index in [9.17, 15) is 0 Å². The number of benzene rings is 2. The molecule has 1 heteroatoms.